The average Bonchev–Trinajstić information content (AvgIpc) is 2.36. The normalized spacial score (nSPS) is 10.0. The first kappa shape index (κ1) is 8.43. The first-order valence-corrected chi connectivity index (χ1v) is 4.41. The van der Waals surface area contributed by atoms with Crippen LogP contribution in [0.4, 0.5) is 0 Å². The molecule has 0 saturated heterocycles. The molecule has 0 saturated carbocycles. The summed E-state index contributed by atoms with van der Waals surface area (Å²) in [7, 11) is 0. The Kier molecular flexibility index (Phi) is 2.79. The molecular weight excluding hydrogens is 158 g/mol. The number of nitrogens with two attached hydrogens (primary N) is 1. The van der Waals surface area contributed by atoms with Gasteiger partial charge in [-0.3, -0.25) is 4.79 Å². The van der Waals surface area contributed by atoms with Gasteiger partial charge in [0.05, 0.1) is 4.88 Å². The number of carbonyl (C=O) groups excluding carboxylic acids is 1. The molecule has 0 aliphatic heterocycles. The van der Waals surface area contributed by atoms with Crippen molar-refractivity contribution in [2.24, 2.45) is 5.73 Å². The summed E-state index contributed by atoms with van der Waals surface area (Å²) in [5, 5.41) is 1.93. The van der Waals surface area contributed by atoms with Crippen molar-refractivity contribution in [3.8, 4) is 0 Å². The summed E-state index contributed by atoms with van der Waals surface area (Å²) in [5.41, 5.74) is 6.33. The van der Waals surface area contributed by atoms with E-state index in [1.54, 1.807) is 0 Å². The largest absolute Gasteiger partial charge is 0.330 e. The molecule has 0 bridgehead atoms. The van der Waals surface area contributed by atoms with Crippen LogP contribution < -0.4 is 5.73 Å². The number of aryl methyl sites for hydroxylation is 1. The fraction of sp³-hybridized carbons (Fsp3) is 0.375. The van der Waals surface area contributed by atoms with Gasteiger partial charge in [-0.2, -0.15) is 0 Å². The quantitative estimate of drug-likeness (QED) is 0.698. The molecule has 0 aliphatic rings. The van der Waals surface area contributed by atoms with E-state index in [2.05, 4.69) is 0 Å². The highest BCUT2D eigenvalue weighted by Gasteiger charge is 2.08. The molecule has 0 amide bonds. The molecule has 1 aromatic heterocycles. The van der Waals surface area contributed by atoms with Crippen LogP contribution in [0.25, 0.3) is 0 Å². The Morgan fingerprint density at radius 1 is 1.73 bits per heavy atom. The Labute approximate surface area is 70.0 Å². The summed E-state index contributed by atoms with van der Waals surface area (Å²) in [5.74, 6) is 0.167. The Hall–Kier alpha value is -0.670. The summed E-state index contributed by atoms with van der Waals surface area (Å²) in [4.78, 5) is 12.1. The lowest BCUT2D eigenvalue weighted by Gasteiger charge is -1.95. The third-order valence-corrected chi connectivity index (χ3v) is 2.54. The predicted octanol–water partition coefficient (Wildman–Crippen LogP) is 1.59. The van der Waals surface area contributed by atoms with Crippen molar-refractivity contribution >= 4 is 17.1 Å². The lowest BCUT2D eigenvalue weighted by molar-refractivity contribution is 0.0989. The molecule has 0 aliphatic carbocycles. The van der Waals surface area contributed by atoms with Crippen LogP contribution in [0, 0.1) is 6.92 Å². The fourth-order valence-electron chi connectivity index (χ4n) is 0.903. The second kappa shape index (κ2) is 3.64. The van der Waals surface area contributed by atoms with Gasteiger partial charge in [-0.05, 0) is 30.5 Å². The van der Waals surface area contributed by atoms with Crippen LogP contribution >= 0.6 is 11.3 Å². The zero-order valence-electron chi connectivity index (χ0n) is 6.46. The van der Waals surface area contributed by atoms with E-state index in [4.69, 9.17) is 5.73 Å². The van der Waals surface area contributed by atoms with Gasteiger partial charge < -0.3 is 5.73 Å². The van der Waals surface area contributed by atoms with E-state index in [1.807, 2.05) is 18.4 Å². The van der Waals surface area contributed by atoms with E-state index < -0.39 is 0 Å². The van der Waals surface area contributed by atoms with E-state index in [0.29, 0.717) is 13.0 Å². The van der Waals surface area contributed by atoms with Crippen LogP contribution in [0.15, 0.2) is 11.4 Å². The number of hydrogen-bond donors (Lipinski definition) is 1. The zero-order chi connectivity index (χ0) is 8.27. The van der Waals surface area contributed by atoms with E-state index in [-0.39, 0.29) is 5.78 Å². The first-order valence-electron chi connectivity index (χ1n) is 3.53. The molecule has 1 aromatic rings. The van der Waals surface area contributed by atoms with Gasteiger partial charge in [-0.1, -0.05) is 0 Å². The molecule has 3 heteroatoms. The zero-order valence-corrected chi connectivity index (χ0v) is 7.28. The third kappa shape index (κ3) is 1.88. The highest BCUT2D eigenvalue weighted by molar-refractivity contribution is 7.12. The predicted molar refractivity (Wildman–Crippen MR) is 47.1 cm³/mol. The van der Waals surface area contributed by atoms with Gasteiger partial charge in [0.1, 0.15) is 0 Å². The van der Waals surface area contributed by atoms with Crippen LogP contribution in [0.2, 0.25) is 0 Å². The van der Waals surface area contributed by atoms with Gasteiger partial charge in [0.2, 0.25) is 0 Å². The van der Waals surface area contributed by atoms with Gasteiger partial charge in [-0.25, -0.2) is 0 Å². The number of thiophene rings is 1. The Balaban J connectivity index is 2.76. The molecular formula is C8H11NOS. The van der Waals surface area contributed by atoms with Gasteiger partial charge >= 0.3 is 0 Å². The maximum atomic E-state index is 11.3. The number of ketones is 1. The van der Waals surface area contributed by atoms with Crippen molar-refractivity contribution in [1.82, 2.24) is 0 Å². The van der Waals surface area contributed by atoms with Crippen molar-refractivity contribution in [3.05, 3.63) is 21.9 Å². The Morgan fingerprint density at radius 2 is 2.45 bits per heavy atom. The molecule has 0 atom stereocenters. The number of rotatable bonds is 3. The molecule has 1 rings (SSSR count). The second-order valence-electron chi connectivity index (χ2n) is 2.39. The summed E-state index contributed by atoms with van der Waals surface area (Å²) < 4.78 is 0. The highest BCUT2D eigenvalue weighted by Crippen LogP contribution is 2.16. The minimum Gasteiger partial charge on any atom is -0.330 e. The summed E-state index contributed by atoms with van der Waals surface area (Å²) in [6.07, 6.45) is 0.460. The number of hydrogen-bond acceptors (Lipinski definition) is 3. The molecule has 60 valence electrons. The molecule has 1 heterocycles. The minimum atomic E-state index is 0.167. The van der Waals surface area contributed by atoms with Crippen LogP contribution in [0.3, 0.4) is 0 Å². The summed E-state index contributed by atoms with van der Waals surface area (Å²) >= 11 is 1.49. The summed E-state index contributed by atoms with van der Waals surface area (Å²) in [6.45, 7) is 2.39. The lowest BCUT2D eigenvalue weighted by Crippen LogP contribution is -2.07. The van der Waals surface area contributed by atoms with Gasteiger partial charge in [-0.15, -0.1) is 11.3 Å². The van der Waals surface area contributed by atoms with Crippen molar-refractivity contribution in [2.45, 2.75) is 13.3 Å². The molecule has 2 N–H and O–H groups in total. The first-order chi connectivity index (χ1) is 5.25. The minimum absolute atomic E-state index is 0.167. The van der Waals surface area contributed by atoms with Gasteiger partial charge in [0.25, 0.3) is 0 Å². The van der Waals surface area contributed by atoms with Crippen LogP contribution in [0.5, 0.6) is 0 Å². The summed E-state index contributed by atoms with van der Waals surface area (Å²) in [6, 6.07) is 1.95. The van der Waals surface area contributed by atoms with E-state index in [0.717, 1.165) is 10.4 Å². The fourth-order valence-corrected chi connectivity index (χ4v) is 1.80. The van der Waals surface area contributed by atoms with Crippen molar-refractivity contribution < 1.29 is 4.79 Å². The lowest BCUT2D eigenvalue weighted by atomic mass is 10.2. The number of carbonyl (C=O) groups is 1. The maximum Gasteiger partial charge on any atom is 0.174 e. The molecule has 0 spiro atoms. The standard InChI is InChI=1S/C8H11NOS/c1-6-3-5-11-8(6)7(10)2-4-9/h3,5H,2,4,9H2,1H3. The smallest absolute Gasteiger partial charge is 0.174 e. The molecule has 2 nitrogen and oxygen atoms in total. The molecule has 0 unspecified atom stereocenters. The van der Waals surface area contributed by atoms with Gasteiger partial charge in [0.15, 0.2) is 5.78 Å². The van der Waals surface area contributed by atoms with Crippen LogP contribution in [0.1, 0.15) is 21.7 Å². The Morgan fingerprint density at radius 3 is 2.91 bits per heavy atom. The van der Waals surface area contributed by atoms with Crippen molar-refractivity contribution in [1.29, 1.82) is 0 Å². The molecule has 0 aromatic carbocycles. The third-order valence-electron chi connectivity index (χ3n) is 1.49. The monoisotopic (exact) mass is 169 g/mol. The number of Topliss-reactive ketones (excluding diaryl/α,β-unsaturated/α-hetero) is 1. The van der Waals surface area contributed by atoms with Crippen LogP contribution in [-0.4, -0.2) is 12.3 Å². The van der Waals surface area contributed by atoms with Crippen molar-refractivity contribution in [2.75, 3.05) is 6.54 Å². The van der Waals surface area contributed by atoms with E-state index >= 15 is 0 Å². The second-order valence-corrected chi connectivity index (χ2v) is 3.31. The molecule has 0 radical (unpaired) electrons. The molecule has 0 fully saturated rings. The SMILES string of the molecule is Cc1ccsc1C(=O)CCN. The van der Waals surface area contributed by atoms with Crippen LogP contribution in [-0.2, 0) is 0 Å². The topological polar surface area (TPSA) is 43.1 Å². The highest BCUT2D eigenvalue weighted by atomic mass is 32.1. The van der Waals surface area contributed by atoms with Gasteiger partial charge in [0, 0.05) is 6.42 Å². The maximum absolute atomic E-state index is 11.3. The van der Waals surface area contributed by atoms with E-state index in [1.165, 1.54) is 11.3 Å². The molecule has 11 heavy (non-hydrogen) atoms. The Bertz CT molecular complexity index is 254. The average molecular weight is 169 g/mol. The van der Waals surface area contributed by atoms with E-state index in [9.17, 15) is 4.79 Å². The van der Waals surface area contributed by atoms with Crippen molar-refractivity contribution in [3.63, 3.8) is 0 Å².